The number of nitrogens with zero attached hydrogens (tertiary/aromatic N) is 2. The Morgan fingerprint density at radius 1 is 1.18 bits per heavy atom. The summed E-state index contributed by atoms with van der Waals surface area (Å²) in [5, 5.41) is 3.93. The topological polar surface area (TPSA) is 61.9 Å². The third-order valence-corrected chi connectivity index (χ3v) is 6.23. The second kappa shape index (κ2) is 9.92. The molecule has 1 N–H and O–H groups in total. The van der Waals surface area contributed by atoms with Gasteiger partial charge in [-0.05, 0) is 43.9 Å². The van der Waals surface area contributed by atoms with E-state index in [0.29, 0.717) is 28.7 Å². The molecule has 8 heteroatoms. The smallest absolute Gasteiger partial charge is 0.239 e. The average molecular weight is 428 g/mol. The van der Waals surface area contributed by atoms with Gasteiger partial charge in [0.2, 0.25) is 11.8 Å². The van der Waals surface area contributed by atoms with Crippen LogP contribution >= 0.6 is 23.2 Å². The van der Waals surface area contributed by atoms with Gasteiger partial charge >= 0.3 is 0 Å². The molecule has 28 heavy (non-hydrogen) atoms. The monoisotopic (exact) mass is 427 g/mol. The van der Waals surface area contributed by atoms with Crippen molar-refractivity contribution >= 4 is 40.7 Å². The van der Waals surface area contributed by atoms with E-state index >= 15 is 0 Å². The zero-order valence-corrected chi connectivity index (χ0v) is 17.6. The number of anilines is 1. The van der Waals surface area contributed by atoms with Crippen molar-refractivity contribution in [2.24, 2.45) is 5.92 Å². The molecule has 0 spiro atoms. The Kier molecular flexibility index (Phi) is 7.57. The van der Waals surface area contributed by atoms with Gasteiger partial charge in [-0.15, -0.1) is 0 Å². The zero-order valence-electron chi connectivity index (χ0n) is 16.1. The summed E-state index contributed by atoms with van der Waals surface area (Å²) in [5.74, 6) is -0.965. The highest BCUT2D eigenvalue weighted by molar-refractivity contribution is 6.42. The third-order valence-electron chi connectivity index (χ3n) is 5.49. The molecular formula is C20H27Cl2N3O3. The van der Waals surface area contributed by atoms with Crippen LogP contribution in [0.5, 0.6) is 0 Å². The number of amides is 2. The summed E-state index contributed by atoms with van der Waals surface area (Å²) in [4.78, 5) is 29.4. The van der Waals surface area contributed by atoms with Crippen molar-refractivity contribution in [1.29, 1.82) is 0 Å². The number of hydrogen-bond acceptors (Lipinski definition) is 4. The lowest BCUT2D eigenvalue weighted by atomic mass is 10.0. The molecule has 2 fully saturated rings. The van der Waals surface area contributed by atoms with E-state index in [1.807, 2.05) is 0 Å². The number of nitrogens with one attached hydrogen (secondary N) is 1. The van der Waals surface area contributed by atoms with Gasteiger partial charge in [-0.25, -0.2) is 0 Å². The molecule has 0 aromatic heterocycles. The number of hydrogen-bond donors (Lipinski definition) is 1. The van der Waals surface area contributed by atoms with E-state index in [-0.39, 0.29) is 17.9 Å². The quantitative estimate of drug-likeness (QED) is 0.536. The Hall–Kier alpha value is -1.34. The van der Waals surface area contributed by atoms with E-state index in [4.69, 9.17) is 27.9 Å². The van der Waals surface area contributed by atoms with Crippen LogP contribution in [0, 0.1) is 5.92 Å². The van der Waals surface area contributed by atoms with Crippen LogP contribution in [0.4, 0.5) is 5.69 Å². The Bertz CT molecular complexity index is 708. The molecule has 1 unspecified atom stereocenters. The van der Waals surface area contributed by atoms with Crippen molar-refractivity contribution < 1.29 is 14.3 Å². The molecule has 2 amide bonds. The highest BCUT2D eigenvalue weighted by Gasteiger charge is 2.38. The van der Waals surface area contributed by atoms with Gasteiger partial charge < -0.3 is 19.9 Å². The van der Waals surface area contributed by atoms with Gasteiger partial charge in [0.05, 0.1) is 10.0 Å². The molecule has 2 aliphatic heterocycles. The van der Waals surface area contributed by atoms with Crippen LogP contribution in [0.2, 0.25) is 10.0 Å². The largest absolute Gasteiger partial charge is 0.385 e. The van der Waals surface area contributed by atoms with Gasteiger partial charge in [0, 0.05) is 51.6 Å². The Morgan fingerprint density at radius 3 is 2.61 bits per heavy atom. The summed E-state index contributed by atoms with van der Waals surface area (Å²) in [6, 6.07) is 5.23. The lowest BCUT2D eigenvalue weighted by Gasteiger charge is -2.32. The SMILES string of the molecule is COCCCN1CCC(NC(=O)C2CCN(c3ccc(Cl)c(Cl)c3)C2=O)CC1. The number of benzene rings is 1. The predicted octanol–water partition coefficient (Wildman–Crippen LogP) is 2.96. The maximum Gasteiger partial charge on any atom is 0.239 e. The fourth-order valence-corrected chi connectivity index (χ4v) is 4.16. The van der Waals surface area contributed by atoms with E-state index < -0.39 is 5.92 Å². The number of carbonyl (C=O) groups is 2. The molecule has 1 aromatic carbocycles. The van der Waals surface area contributed by atoms with Crippen LogP contribution in [-0.2, 0) is 14.3 Å². The minimum Gasteiger partial charge on any atom is -0.385 e. The fourth-order valence-electron chi connectivity index (χ4n) is 3.87. The Balaban J connectivity index is 1.49. The molecule has 0 saturated carbocycles. The van der Waals surface area contributed by atoms with Gasteiger partial charge in [0.15, 0.2) is 0 Å². The van der Waals surface area contributed by atoms with Crippen LogP contribution < -0.4 is 10.2 Å². The molecule has 2 saturated heterocycles. The summed E-state index contributed by atoms with van der Waals surface area (Å²) in [6.07, 6.45) is 3.36. The van der Waals surface area contributed by atoms with Crippen molar-refractivity contribution in [3.05, 3.63) is 28.2 Å². The van der Waals surface area contributed by atoms with Crippen LogP contribution in [0.25, 0.3) is 0 Å². The van der Waals surface area contributed by atoms with E-state index in [1.54, 1.807) is 30.2 Å². The number of ether oxygens (including phenoxy) is 1. The number of rotatable bonds is 7. The van der Waals surface area contributed by atoms with Crippen molar-refractivity contribution in [3.8, 4) is 0 Å². The standard InChI is InChI=1S/C20H27Cl2N3O3/c1-28-12-2-8-24-9-5-14(6-10-24)23-19(26)16-7-11-25(20(16)27)15-3-4-17(21)18(22)13-15/h3-4,13-14,16H,2,5-12H2,1H3,(H,23,26). The molecular weight excluding hydrogens is 401 g/mol. The maximum absolute atomic E-state index is 12.8. The van der Waals surface area contributed by atoms with Gasteiger partial charge in [-0.1, -0.05) is 23.2 Å². The zero-order chi connectivity index (χ0) is 20.1. The van der Waals surface area contributed by atoms with E-state index in [0.717, 1.165) is 45.5 Å². The minimum atomic E-state index is -0.630. The highest BCUT2D eigenvalue weighted by Crippen LogP contribution is 2.31. The van der Waals surface area contributed by atoms with Gasteiger partial charge in [0.25, 0.3) is 0 Å². The third kappa shape index (κ3) is 5.17. The number of piperidine rings is 1. The normalized spacial score (nSPS) is 21.3. The minimum absolute atomic E-state index is 0.137. The van der Waals surface area contributed by atoms with Gasteiger partial charge in [0.1, 0.15) is 5.92 Å². The lowest BCUT2D eigenvalue weighted by Crippen LogP contribution is -2.47. The van der Waals surface area contributed by atoms with Crippen molar-refractivity contribution in [1.82, 2.24) is 10.2 Å². The summed E-state index contributed by atoms with van der Waals surface area (Å²) < 4.78 is 5.09. The number of likely N-dealkylation sites (tertiary alicyclic amines) is 1. The van der Waals surface area contributed by atoms with Crippen molar-refractivity contribution in [2.45, 2.75) is 31.7 Å². The molecule has 2 heterocycles. The van der Waals surface area contributed by atoms with Crippen molar-refractivity contribution in [3.63, 3.8) is 0 Å². The van der Waals surface area contributed by atoms with Crippen LogP contribution in [0.3, 0.4) is 0 Å². The number of halogens is 2. The molecule has 0 bridgehead atoms. The molecule has 1 aromatic rings. The first-order chi connectivity index (χ1) is 13.5. The second-order valence-electron chi connectivity index (χ2n) is 7.40. The first kappa shape index (κ1) is 21.4. The summed E-state index contributed by atoms with van der Waals surface area (Å²) in [5.41, 5.74) is 0.680. The highest BCUT2D eigenvalue weighted by atomic mass is 35.5. The Labute approximate surface area is 176 Å². The summed E-state index contributed by atoms with van der Waals surface area (Å²) >= 11 is 12.0. The van der Waals surface area contributed by atoms with Crippen LogP contribution in [-0.4, -0.2) is 62.7 Å². The van der Waals surface area contributed by atoms with E-state index in [9.17, 15) is 9.59 Å². The van der Waals surface area contributed by atoms with E-state index in [1.165, 1.54) is 0 Å². The molecule has 0 aliphatic carbocycles. The fraction of sp³-hybridized carbons (Fsp3) is 0.600. The first-order valence-corrected chi connectivity index (χ1v) is 10.5. The summed E-state index contributed by atoms with van der Waals surface area (Å²) in [7, 11) is 1.72. The Morgan fingerprint density at radius 2 is 1.93 bits per heavy atom. The molecule has 1 atom stereocenters. The van der Waals surface area contributed by atoms with Gasteiger partial charge in [-0.2, -0.15) is 0 Å². The molecule has 3 rings (SSSR count). The lowest BCUT2D eigenvalue weighted by molar-refractivity contribution is -0.132. The predicted molar refractivity (Wildman–Crippen MR) is 111 cm³/mol. The molecule has 154 valence electrons. The first-order valence-electron chi connectivity index (χ1n) is 9.77. The van der Waals surface area contributed by atoms with Crippen molar-refractivity contribution in [2.75, 3.05) is 44.8 Å². The maximum atomic E-state index is 12.8. The van der Waals surface area contributed by atoms with Crippen LogP contribution in [0.15, 0.2) is 18.2 Å². The number of carbonyl (C=O) groups excluding carboxylic acids is 2. The molecule has 0 radical (unpaired) electrons. The number of methoxy groups -OCH3 is 1. The average Bonchev–Trinajstić information content (AvgIpc) is 3.07. The van der Waals surface area contributed by atoms with Gasteiger partial charge in [-0.3, -0.25) is 9.59 Å². The molecule has 6 nitrogen and oxygen atoms in total. The summed E-state index contributed by atoms with van der Waals surface area (Å²) in [6.45, 7) is 4.22. The second-order valence-corrected chi connectivity index (χ2v) is 8.21. The van der Waals surface area contributed by atoms with Crippen LogP contribution in [0.1, 0.15) is 25.7 Å². The van der Waals surface area contributed by atoms with E-state index in [2.05, 4.69) is 10.2 Å². The molecule has 2 aliphatic rings.